The van der Waals surface area contributed by atoms with E-state index in [1.54, 1.807) is 24.3 Å². The number of aromatic nitrogens is 4. The SMILES string of the molecule is C=C/C=C\c1c(C)ccc2c3c4c5ccccc5n(-c5nc(-c6c(O)c(O)c(O)c(O)c6O)c6ccccc6n5)c4c4c(c3n(C(/C=C\C)=C/C)c12)C=CCC4. The van der Waals surface area contributed by atoms with Crippen LogP contribution in [-0.4, -0.2) is 44.6 Å². The second-order valence-electron chi connectivity index (χ2n) is 14.0. The van der Waals surface area contributed by atoms with Crippen LogP contribution >= 0.6 is 0 Å². The van der Waals surface area contributed by atoms with Crippen molar-refractivity contribution in [3.8, 4) is 46.0 Å². The van der Waals surface area contributed by atoms with Crippen molar-refractivity contribution in [2.24, 2.45) is 0 Å². The zero-order valence-corrected chi connectivity index (χ0v) is 31.0. The van der Waals surface area contributed by atoms with Gasteiger partial charge in [0, 0.05) is 43.8 Å². The highest BCUT2D eigenvalue weighted by Crippen LogP contribution is 2.55. The number of fused-ring (bicyclic) bond motifs is 11. The molecule has 0 saturated heterocycles. The van der Waals surface area contributed by atoms with Gasteiger partial charge in [0.05, 0.1) is 38.8 Å². The Bertz CT molecular complexity index is 3110. The first-order chi connectivity index (χ1) is 27.2. The summed E-state index contributed by atoms with van der Waals surface area (Å²) in [5.41, 5.74) is 9.63. The largest absolute Gasteiger partial charge is 0.504 e. The van der Waals surface area contributed by atoms with Crippen LogP contribution in [0.25, 0.3) is 89.6 Å². The van der Waals surface area contributed by atoms with E-state index in [4.69, 9.17) is 9.97 Å². The molecule has 0 bridgehead atoms. The second-order valence-corrected chi connectivity index (χ2v) is 14.0. The van der Waals surface area contributed by atoms with Gasteiger partial charge < -0.3 is 30.1 Å². The van der Waals surface area contributed by atoms with E-state index in [0.29, 0.717) is 10.9 Å². The zero-order chi connectivity index (χ0) is 39.0. The molecule has 0 radical (unpaired) electrons. The molecule has 0 unspecified atom stereocenters. The molecule has 9 nitrogen and oxygen atoms in total. The standard InChI is InChI=1S/C47H38N4O5/c1-5-8-16-27-25(4)23-24-32-36-35-31-20-12-14-22-34(31)51(41(35)29-18-10-9-17-28(29)40(36)50(39(27)32)26(7-3)15-6-2)47-48-33-21-13-11-19-30(33)38(49-47)37-42(52)44(54)46(56)45(55)43(37)53/h5-9,11-17,19-24,52-56H,1,10,18H2,2-4H3/b15-6-,16-8-,26-7+. The van der Waals surface area contributed by atoms with Crippen molar-refractivity contribution in [1.82, 2.24) is 19.1 Å². The third-order valence-corrected chi connectivity index (χ3v) is 10.9. The molecule has 1 aliphatic carbocycles. The van der Waals surface area contributed by atoms with Crippen molar-refractivity contribution >= 4 is 72.4 Å². The molecule has 9 rings (SSSR count). The van der Waals surface area contributed by atoms with E-state index in [1.165, 1.54) is 0 Å². The van der Waals surface area contributed by atoms with Crippen LogP contribution in [0.4, 0.5) is 0 Å². The maximum Gasteiger partial charge on any atom is 0.235 e. The fraction of sp³-hybridized carbons (Fsp3) is 0.106. The van der Waals surface area contributed by atoms with Crippen molar-refractivity contribution in [2.45, 2.75) is 33.6 Å². The number of rotatable bonds is 6. The summed E-state index contributed by atoms with van der Waals surface area (Å²) in [4.78, 5) is 10.1. The molecule has 5 aromatic carbocycles. The van der Waals surface area contributed by atoms with E-state index in [2.05, 4.69) is 79.6 Å². The van der Waals surface area contributed by atoms with Crippen LogP contribution < -0.4 is 0 Å². The maximum atomic E-state index is 11.2. The summed E-state index contributed by atoms with van der Waals surface area (Å²) in [7, 11) is 0. The van der Waals surface area contributed by atoms with Crippen molar-refractivity contribution in [2.75, 3.05) is 0 Å². The summed E-state index contributed by atoms with van der Waals surface area (Å²) in [5, 5.41) is 58.4. The normalized spacial score (nSPS) is 13.4. The Hall–Kier alpha value is -7.26. The quantitative estimate of drug-likeness (QED) is 0.0650. The van der Waals surface area contributed by atoms with Gasteiger partial charge in [-0.15, -0.1) is 0 Å². The second kappa shape index (κ2) is 13.0. The number of phenolic OH excluding ortho intramolecular Hbond substituents is 5. The topological polar surface area (TPSA) is 137 Å². The Kier molecular flexibility index (Phi) is 7.98. The molecule has 56 heavy (non-hydrogen) atoms. The van der Waals surface area contributed by atoms with Crippen LogP contribution in [0, 0.1) is 6.92 Å². The number of allylic oxidation sites excluding steroid dienone is 7. The predicted molar refractivity (Wildman–Crippen MR) is 227 cm³/mol. The highest BCUT2D eigenvalue weighted by Gasteiger charge is 2.31. The number of phenols is 5. The third-order valence-electron chi connectivity index (χ3n) is 10.9. The summed E-state index contributed by atoms with van der Waals surface area (Å²) in [6, 6.07) is 19.7. The molecule has 0 fully saturated rings. The lowest BCUT2D eigenvalue weighted by Crippen LogP contribution is -2.07. The molecular weight excluding hydrogens is 701 g/mol. The van der Waals surface area contributed by atoms with Gasteiger partial charge in [-0.3, -0.25) is 4.57 Å². The van der Waals surface area contributed by atoms with Crippen molar-refractivity contribution < 1.29 is 25.5 Å². The number of aryl methyl sites for hydroxylation is 2. The summed E-state index contributed by atoms with van der Waals surface area (Å²) in [6.07, 6.45) is 18.2. The maximum absolute atomic E-state index is 11.2. The lowest BCUT2D eigenvalue weighted by Gasteiger charge is -2.20. The number of hydrogen-bond donors (Lipinski definition) is 5. The molecular formula is C47H38N4O5. The molecule has 5 N–H and O–H groups in total. The summed E-state index contributed by atoms with van der Waals surface area (Å²) >= 11 is 0. The van der Waals surface area contributed by atoms with E-state index < -0.39 is 28.7 Å². The Morgan fingerprint density at radius 2 is 1.46 bits per heavy atom. The smallest absolute Gasteiger partial charge is 0.235 e. The van der Waals surface area contributed by atoms with Gasteiger partial charge in [0.25, 0.3) is 0 Å². The summed E-state index contributed by atoms with van der Waals surface area (Å²) in [6.45, 7) is 10.2. The minimum Gasteiger partial charge on any atom is -0.504 e. The molecule has 9 heteroatoms. The van der Waals surface area contributed by atoms with Crippen molar-refractivity contribution in [1.29, 1.82) is 0 Å². The third kappa shape index (κ3) is 4.73. The van der Waals surface area contributed by atoms with Crippen LogP contribution in [0.5, 0.6) is 28.7 Å². The van der Waals surface area contributed by atoms with Gasteiger partial charge in [-0.1, -0.05) is 97.6 Å². The van der Waals surface area contributed by atoms with Gasteiger partial charge in [-0.2, -0.15) is 0 Å². The highest BCUT2D eigenvalue weighted by atomic mass is 16.4. The van der Waals surface area contributed by atoms with E-state index >= 15 is 0 Å². The Morgan fingerprint density at radius 1 is 0.768 bits per heavy atom. The summed E-state index contributed by atoms with van der Waals surface area (Å²) in [5.74, 6) is -4.40. The first-order valence-electron chi connectivity index (χ1n) is 18.5. The molecule has 276 valence electrons. The van der Waals surface area contributed by atoms with Gasteiger partial charge in [-0.25, -0.2) is 9.97 Å². The number of para-hydroxylation sites is 2. The van der Waals surface area contributed by atoms with E-state index in [-0.39, 0.29) is 17.2 Å². The molecule has 3 aromatic heterocycles. The molecule has 0 atom stereocenters. The minimum absolute atomic E-state index is 0.0572. The lowest BCUT2D eigenvalue weighted by molar-refractivity contribution is 0.330. The Balaban J connectivity index is 1.53. The fourth-order valence-corrected chi connectivity index (χ4v) is 8.50. The monoisotopic (exact) mass is 738 g/mol. The van der Waals surface area contributed by atoms with Gasteiger partial charge in [0.2, 0.25) is 23.2 Å². The first-order valence-corrected chi connectivity index (χ1v) is 18.5. The van der Waals surface area contributed by atoms with Crippen molar-refractivity contribution in [3.63, 3.8) is 0 Å². The lowest BCUT2D eigenvalue weighted by atomic mass is 9.90. The van der Waals surface area contributed by atoms with E-state index in [9.17, 15) is 25.5 Å². The van der Waals surface area contributed by atoms with Gasteiger partial charge in [0.15, 0.2) is 11.5 Å². The number of nitrogens with zero attached hydrogens (tertiary/aromatic N) is 4. The van der Waals surface area contributed by atoms with E-state index in [0.717, 1.165) is 84.4 Å². The van der Waals surface area contributed by atoms with Crippen LogP contribution in [0.3, 0.4) is 0 Å². The fourth-order valence-electron chi connectivity index (χ4n) is 8.50. The van der Waals surface area contributed by atoms with E-state index in [1.807, 2.05) is 41.8 Å². The van der Waals surface area contributed by atoms with Crippen LogP contribution in [-0.2, 0) is 6.42 Å². The van der Waals surface area contributed by atoms with Gasteiger partial charge >= 0.3 is 0 Å². The molecule has 8 aromatic rings. The first kappa shape index (κ1) is 34.5. The summed E-state index contributed by atoms with van der Waals surface area (Å²) < 4.78 is 4.44. The average Bonchev–Trinajstić information content (AvgIpc) is 3.75. The van der Waals surface area contributed by atoms with Gasteiger partial charge in [-0.05, 0) is 62.9 Å². The van der Waals surface area contributed by atoms with Crippen molar-refractivity contribution in [3.05, 3.63) is 126 Å². The number of benzene rings is 5. The molecule has 1 aliphatic rings. The van der Waals surface area contributed by atoms with Gasteiger partial charge in [0.1, 0.15) is 0 Å². The zero-order valence-electron chi connectivity index (χ0n) is 31.0. The van der Waals surface area contributed by atoms with Crippen LogP contribution in [0.15, 0.2) is 104 Å². The molecule has 0 spiro atoms. The number of hydrogen-bond acceptors (Lipinski definition) is 7. The minimum atomic E-state index is -1.04. The number of aromatic hydroxyl groups is 5. The average molecular weight is 739 g/mol. The molecule has 0 aliphatic heterocycles. The predicted octanol–water partition coefficient (Wildman–Crippen LogP) is 10.9. The Morgan fingerprint density at radius 3 is 2.20 bits per heavy atom. The highest BCUT2D eigenvalue weighted by molar-refractivity contribution is 6.32. The Labute approximate surface area is 321 Å². The molecule has 3 heterocycles. The van der Waals surface area contributed by atoms with Crippen LogP contribution in [0.1, 0.15) is 42.5 Å². The molecule has 0 saturated carbocycles. The van der Waals surface area contributed by atoms with Crippen LogP contribution in [0.2, 0.25) is 0 Å². The molecule has 0 amide bonds.